The summed E-state index contributed by atoms with van der Waals surface area (Å²) in [5.74, 6) is 0.326. The van der Waals surface area contributed by atoms with Gasteiger partial charge >= 0.3 is 6.09 Å². The van der Waals surface area contributed by atoms with Crippen molar-refractivity contribution in [3.63, 3.8) is 0 Å². The third kappa shape index (κ3) is 3.34. The Balaban J connectivity index is 2.44. The first-order valence-electron chi connectivity index (χ1n) is 7.98. The summed E-state index contributed by atoms with van der Waals surface area (Å²) >= 11 is 0. The predicted molar refractivity (Wildman–Crippen MR) is 90.5 cm³/mol. The first-order chi connectivity index (χ1) is 10.2. The number of rotatable bonds is 1. The molecular formula is C19H27NO2. The molecule has 0 aromatic heterocycles. The number of carbonyl (C=O) groups excluding carboxylic acids is 1. The molecule has 0 saturated heterocycles. The maximum Gasteiger partial charge on any atom is 0.411 e. The number of amides is 1. The van der Waals surface area contributed by atoms with E-state index in [-0.39, 0.29) is 12.1 Å². The summed E-state index contributed by atoms with van der Waals surface area (Å²) < 4.78 is 5.63. The summed E-state index contributed by atoms with van der Waals surface area (Å²) in [6.07, 6.45) is 1.89. The molecule has 1 atom stereocenters. The third-order valence-corrected chi connectivity index (χ3v) is 3.89. The standard InChI is InChI=1S/C19H27NO2/c1-7-15-16-11-9-8-10-14(16)12-20(17(15)13(2)3)18(21)22-19(4,5)6/h7-11,13,17H,12H2,1-6H3/b15-7-/t17-/m0/s1. The summed E-state index contributed by atoms with van der Waals surface area (Å²) in [5.41, 5.74) is 3.16. The molecule has 0 spiro atoms. The van der Waals surface area contributed by atoms with E-state index in [4.69, 9.17) is 4.74 Å². The first-order valence-corrected chi connectivity index (χ1v) is 7.98. The number of ether oxygens (including phenoxy) is 1. The normalized spacial score (nSPS) is 20.2. The highest BCUT2D eigenvalue weighted by Gasteiger charge is 2.37. The molecule has 1 aliphatic heterocycles. The van der Waals surface area contributed by atoms with Crippen LogP contribution in [-0.4, -0.2) is 22.6 Å². The number of fused-ring (bicyclic) bond motifs is 1. The van der Waals surface area contributed by atoms with Crippen LogP contribution < -0.4 is 0 Å². The van der Waals surface area contributed by atoms with E-state index in [9.17, 15) is 4.79 Å². The number of hydrogen-bond donors (Lipinski definition) is 0. The Bertz CT molecular complexity index is 581. The fourth-order valence-electron chi connectivity index (χ4n) is 3.09. The minimum Gasteiger partial charge on any atom is -0.444 e. The van der Waals surface area contributed by atoms with E-state index in [2.05, 4.69) is 38.1 Å². The van der Waals surface area contributed by atoms with Gasteiger partial charge in [-0.2, -0.15) is 0 Å². The van der Waals surface area contributed by atoms with Gasteiger partial charge in [0.2, 0.25) is 0 Å². The minimum atomic E-state index is -0.480. The quantitative estimate of drug-likeness (QED) is 0.741. The van der Waals surface area contributed by atoms with Crippen LogP contribution in [0, 0.1) is 5.92 Å². The monoisotopic (exact) mass is 301 g/mol. The molecule has 120 valence electrons. The highest BCUT2D eigenvalue weighted by Crippen LogP contribution is 2.36. The van der Waals surface area contributed by atoms with Crippen molar-refractivity contribution in [2.24, 2.45) is 5.92 Å². The van der Waals surface area contributed by atoms with E-state index in [1.165, 1.54) is 16.7 Å². The number of benzene rings is 1. The molecule has 1 heterocycles. The molecule has 22 heavy (non-hydrogen) atoms. The Kier molecular flexibility index (Phi) is 4.64. The molecule has 0 bridgehead atoms. The number of allylic oxidation sites excluding steroid dienone is 1. The van der Waals surface area contributed by atoms with Gasteiger partial charge in [0, 0.05) is 0 Å². The predicted octanol–water partition coefficient (Wildman–Crippen LogP) is 4.87. The average molecular weight is 301 g/mol. The molecule has 1 aromatic carbocycles. The van der Waals surface area contributed by atoms with Crippen molar-refractivity contribution in [3.05, 3.63) is 41.5 Å². The molecular weight excluding hydrogens is 274 g/mol. The molecule has 0 unspecified atom stereocenters. The largest absolute Gasteiger partial charge is 0.444 e. The Labute approximate surface area is 134 Å². The lowest BCUT2D eigenvalue weighted by atomic mass is 9.83. The van der Waals surface area contributed by atoms with E-state index in [1.54, 1.807) is 0 Å². The molecule has 0 saturated carbocycles. The van der Waals surface area contributed by atoms with Gasteiger partial charge in [-0.05, 0) is 50.3 Å². The maximum absolute atomic E-state index is 12.7. The highest BCUT2D eigenvalue weighted by atomic mass is 16.6. The van der Waals surface area contributed by atoms with Gasteiger partial charge in [-0.15, -0.1) is 0 Å². The van der Waals surface area contributed by atoms with Gasteiger partial charge in [0.15, 0.2) is 0 Å². The number of hydrogen-bond acceptors (Lipinski definition) is 2. The van der Waals surface area contributed by atoms with Crippen LogP contribution in [0.25, 0.3) is 5.57 Å². The highest BCUT2D eigenvalue weighted by molar-refractivity contribution is 5.80. The lowest BCUT2D eigenvalue weighted by Gasteiger charge is -2.41. The van der Waals surface area contributed by atoms with Crippen molar-refractivity contribution in [1.82, 2.24) is 4.90 Å². The zero-order valence-corrected chi connectivity index (χ0v) is 14.5. The zero-order valence-electron chi connectivity index (χ0n) is 14.5. The second kappa shape index (κ2) is 6.15. The van der Waals surface area contributed by atoms with Crippen molar-refractivity contribution in [2.75, 3.05) is 0 Å². The molecule has 3 heteroatoms. The van der Waals surface area contributed by atoms with Crippen LogP contribution in [0.3, 0.4) is 0 Å². The second-order valence-electron chi connectivity index (χ2n) is 7.20. The van der Waals surface area contributed by atoms with Crippen LogP contribution in [0.2, 0.25) is 0 Å². The van der Waals surface area contributed by atoms with E-state index in [0.717, 1.165) is 0 Å². The Morgan fingerprint density at radius 3 is 2.50 bits per heavy atom. The van der Waals surface area contributed by atoms with E-state index >= 15 is 0 Å². The van der Waals surface area contributed by atoms with Crippen molar-refractivity contribution >= 4 is 11.7 Å². The smallest absolute Gasteiger partial charge is 0.411 e. The molecule has 0 aliphatic carbocycles. The summed E-state index contributed by atoms with van der Waals surface area (Å²) in [4.78, 5) is 14.5. The molecule has 0 N–H and O–H groups in total. The van der Waals surface area contributed by atoms with Gasteiger partial charge < -0.3 is 4.74 Å². The summed E-state index contributed by atoms with van der Waals surface area (Å²) in [7, 11) is 0. The van der Waals surface area contributed by atoms with Crippen molar-refractivity contribution in [3.8, 4) is 0 Å². The van der Waals surface area contributed by atoms with E-state index in [1.807, 2.05) is 38.7 Å². The van der Waals surface area contributed by atoms with Gasteiger partial charge in [0.25, 0.3) is 0 Å². The van der Waals surface area contributed by atoms with Gasteiger partial charge in [-0.1, -0.05) is 44.2 Å². The summed E-state index contributed by atoms with van der Waals surface area (Å²) in [6.45, 7) is 12.7. The summed E-state index contributed by atoms with van der Waals surface area (Å²) in [5, 5.41) is 0. The Morgan fingerprint density at radius 2 is 1.95 bits per heavy atom. The zero-order chi connectivity index (χ0) is 16.5. The van der Waals surface area contributed by atoms with Crippen molar-refractivity contribution in [2.45, 2.75) is 59.7 Å². The molecule has 2 rings (SSSR count). The van der Waals surface area contributed by atoms with E-state index in [0.29, 0.717) is 12.5 Å². The van der Waals surface area contributed by atoms with Crippen LogP contribution in [0.4, 0.5) is 4.79 Å². The van der Waals surface area contributed by atoms with Gasteiger partial charge in [-0.25, -0.2) is 4.79 Å². The topological polar surface area (TPSA) is 29.5 Å². The summed E-state index contributed by atoms with van der Waals surface area (Å²) in [6, 6.07) is 8.37. The molecule has 1 aliphatic rings. The second-order valence-corrected chi connectivity index (χ2v) is 7.20. The average Bonchev–Trinajstić information content (AvgIpc) is 2.43. The number of carbonyl (C=O) groups is 1. The molecule has 1 amide bonds. The van der Waals surface area contributed by atoms with Crippen LogP contribution in [0.15, 0.2) is 30.3 Å². The van der Waals surface area contributed by atoms with Crippen LogP contribution in [0.5, 0.6) is 0 Å². The SMILES string of the molecule is C/C=C1/c2ccccc2CN(C(=O)OC(C)(C)C)[C@H]1C(C)C. The minimum absolute atomic E-state index is 0.0507. The fourth-order valence-corrected chi connectivity index (χ4v) is 3.09. The fraction of sp³-hybridized carbons (Fsp3) is 0.526. The van der Waals surface area contributed by atoms with E-state index < -0.39 is 5.60 Å². The first kappa shape index (κ1) is 16.6. The molecule has 0 fully saturated rings. The molecule has 0 radical (unpaired) electrons. The Hall–Kier alpha value is -1.77. The van der Waals surface area contributed by atoms with Crippen LogP contribution in [0.1, 0.15) is 52.7 Å². The van der Waals surface area contributed by atoms with Gasteiger partial charge in [-0.3, -0.25) is 4.90 Å². The lowest BCUT2D eigenvalue weighted by molar-refractivity contribution is 0.0141. The molecule has 1 aromatic rings. The number of nitrogens with zero attached hydrogens (tertiary/aromatic N) is 1. The lowest BCUT2D eigenvalue weighted by Crippen LogP contribution is -2.48. The van der Waals surface area contributed by atoms with Crippen LogP contribution in [-0.2, 0) is 11.3 Å². The molecule has 3 nitrogen and oxygen atoms in total. The van der Waals surface area contributed by atoms with Gasteiger partial charge in [0.05, 0.1) is 12.6 Å². The van der Waals surface area contributed by atoms with Crippen LogP contribution >= 0.6 is 0 Å². The third-order valence-electron chi connectivity index (χ3n) is 3.89. The van der Waals surface area contributed by atoms with Gasteiger partial charge in [0.1, 0.15) is 5.60 Å². The maximum atomic E-state index is 12.7. The Morgan fingerprint density at radius 1 is 1.32 bits per heavy atom. The van der Waals surface area contributed by atoms with Crippen molar-refractivity contribution < 1.29 is 9.53 Å². The van der Waals surface area contributed by atoms with Crippen molar-refractivity contribution in [1.29, 1.82) is 0 Å².